The van der Waals surface area contributed by atoms with E-state index in [9.17, 15) is 14.4 Å². The van der Waals surface area contributed by atoms with Crippen LogP contribution in [-0.2, 0) is 16.0 Å². The molecule has 4 rings (SSSR count). The molecule has 3 aromatic rings. The quantitative estimate of drug-likeness (QED) is 0.487. The van der Waals surface area contributed by atoms with E-state index in [1.165, 1.54) is 5.56 Å². The number of urea groups is 1. The third kappa shape index (κ3) is 3.64. The van der Waals surface area contributed by atoms with E-state index in [4.69, 9.17) is 0 Å². The van der Waals surface area contributed by atoms with Gasteiger partial charge in [-0.25, -0.2) is 9.69 Å². The lowest BCUT2D eigenvalue weighted by Gasteiger charge is -2.26. The number of aryl methyl sites for hydroxylation is 3. The Kier molecular flexibility index (Phi) is 5.53. The maximum absolute atomic E-state index is 13.2. The SMILES string of the molecule is CCc1ccccc1-n1c(C)cc(/C=C2/C(=O)NC(=O)N(c3cccc(C)c3)C2=O)c1C. The first-order valence-electron chi connectivity index (χ1n) is 10.6. The molecule has 0 bridgehead atoms. The van der Waals surface area contributed by atoms with Crippen molar-refractivity contribution in [1.29, 1.82) is 0 Å². The summed E-state index contributed by atoms with van der Waals surface area (Å²) in [5.41, 5.74) is 6.19. The number of aromatic nitrogens is 1. The first-order valence-corrected chi connectivity index (χ1v) is 10.6. The molecule has 0 spiro atoms. The molecule has 0 saturated carbocycles. The number of hydrogen-bond donors (Lipinski definition) is 1. The highest BCUT2D eigenvalue weighted by Gasteiger charge is 2.37. The van der Waals surface area contributed by atoms with Gasteiger partial charge in [-0.2, -0.15) is 0 Å². The molecule has 162 valence electrons. The third-order valence-electron chi connectivity index (χ3n) is 5.75. The smallest absolute Gasteiger partial charge is 0.318 e. The van der Waals surface area contributed by atoms with Crippen LogP contribution in [0.25, 0.3) is 11.8 Å². The van der Waals surface area contributed by atoms with Gasteiger partial charge in [0.05, 0.1) is 5.69 Å². The zero-order valence-corrected chi connectivity index (χ0v) is 18.6. The van der Waals surface area contributed by atoms with E-state index in [1.54, 1.807) is 24.3 Å². The zero-order chi connectivity index (χ0) is 23.0. The van der Waals surface area contributed by atoms with Crippen molar-refractivity contribution in [3.05, 3.63) is 88.2 Å². The van der Waals surface area contributed by atoms with Crippen molar-refractivity contribution in [2.24, 2.45) is 0 Å². The molecule has 6 heteroatoms. The molecule has 6 nitrogen and oxygen atoms in total. The molecule has 2 heterocycles. The van der Waals surface area contributed by atoms with Gasteiger partial charge in [-0.1, -0.05) is 37.3 Å². The fourth-order valence-corrected chi connectivity index (χ4v) is 4.15. The average Bonchev–Trinajstić information content (AvgIpc) is 3.03. The number of nitrogens with one attached hydrogen (secondary N) is 1. The van der Waals surface area contributed by atoms with Crippen molar-refractivity contribution >= 4 is 29.6 Å². The van der Waals surface area contributed by atoms with Crippen LogP contribution in [0.3, 0.4) is 0 Å². The highest BCUT2D eigenvalue weighted by Crippen LogP contribution is 2.27. The van der Waals surface area contributed by atoms with Gasteiger partial charge in [0.15, 0.2) is 0 Å². The summed E-state index contributed by atoms with van der Waals surface area (Å²) in [6, 6.07) is 16.4. The summed E-state index contributed by atoms with van der Waals surface area (Å²) in [5, 5.41) is 2.29. The van der Waals surface area contributed by atoms with Crippen LogP contribution < -0.4 is 10.2 Å². The Balaban J connectivity index is 1.79. The molecule has 32 heavy (non-hydrogen) atoms. The Hall–Kier alpha value is -3.93. The highest BCUT2D eigenvalue weighted by atomic mass is 16.2. The van der Waals surface area contributed by atoms with Gasteiger partial charge in [0.2, 0.25) is 0 Å². The fourth-order valence-electron chi connectivity index (χ4n) is 4.15. The molecule has 1 saturated heterocycles. The number of para-hydroxylation sites is 1. The van der Waals surface area contributed by atoms with Crippen molar-refractivity contribution in [3.8, 4) is 5.69 Å². The predicted molar refractivity (Wildman–Crippen MR) is 125 cm³/mol. The van der Waals surface area contributed by atoms with Crippen LogP contribution in [0.1, 0.15) is 35.0 Å². The average molecular weight is 428 g/mol. The van der Waals surface area contributed by atoms with Crippen molar-refractivity contribution in [2.75, 3.05) is 4.90 Å². The predicted octanol–water partition coefficient (Wildman–Crippen LogP) is 4.63. The second kappa shape index (κ2) is 8.30. The monoisotopic (exact) mass is 427 g/mol. The molecule has 1 N–H and O–H groups in total. The van der Waals surface area contributed by atoms with Gasteiger partial charge in [0.25, 0.3) is 11.8 Å². The van der Waals surface area contributed by atoms with E-state index >= 15 is 0 Å². The lowest BCUT2D eigenvalue weighted by Crippen LogP contribution is -2.54. The number of carbonyl (C=O) groups excluding carboxylic acids is 3. The molecule has 1 aliphatic heterocycles. The fraction of sp³-hybridized carbons (Fsp3) is 0.192. The van der Waals surface area contributed by atoms with Gasteiger partial charge in [0.1, 0.15) is 5.57 Å². The number of rotatable bonds is 4. The Morgan fingerprint density at radius 1 is 0.938 bits per heavy atom. The summed E-state index contributed by atoms with van der Waals surface area (Å²) in [6.45, 7) is 7.94. The molecule has 2 aromatic carbocycles. The van der Waals surface area contributed by atoms with Gasteiger partial charge in [-0.15, -0.1) is 0 Å². The van der Waals surface area contributed by atoms with Crippen LogP contribution in [0.2, 0.25) is 0 Å². The number of hydrogen-bond acceptors (Lipinski definition) is 3. The molecule has 4 amide bonds. The normalized spacial score (nSPS) is 15.4. The number of anilines is 1. The third-order valence-corrected chi connectivity index (χ3v) is 5.75. The molecule has 1 aliphatic rings. The number of imide groups is 2. The first-order chi connectivity index (χ1) is 15.3. The molecule has 0 atom stereocenters. The van der Waals surface area contributed by atoms with Gasteiger partial charge in [0, 0.05) is 17.1 Å². The molecule has 1 fully saturated rings. The van der Waals surface area contributed by atoms with Crippen LogP contribution in [0.5, 0.6) is 0 Å². The topological polar surface area (TPSA) is 71.4 Å². The van der Waals surface area contributed by atoms with Crippen LogP contribution >= 0.6 is 0 Å². The summed E-state index contributed by atoms with van der Waals surface area (Å²) in [5.74, 6) is -1.33. The van der Waals surface area contributed by atoms with Crippen LogP contribution in [0.15, 0.2) is 60.2 Å². The zero-order valence-electron chi connectivity index (χ0n) is 18.6. The molecular formula is C26H25N3O3. The van der Waals surface area contributed by atoms with Gasteiger partial charge < -0.3 is 4.57 Å². The van der Waals surface area contributed by atoms with Crippen molar-refractivity contribution < 1.29 is 14.4 Å². The Morgan fingerprint density at radius 3 is 2.41 bits per heavy atom. The van der Waals surface area contributed by atoms with E-state index < -0.39 is 17.8 Å². The lowest BCUT2D eigenvalue weighted by molar-refractivity contribution is -0.122. The summed E-state index contributed by atoms with van der Waals surface area (Å²) in [7, 11) is 0. The summed E-state index contributed by atoms with van der Waals surface area (Å²) in [4.78, 5) is 39.2. The highest BCUT2D eigenvalue weighted by molar-refractivity contribution is 6.39. The second-order valence-corrected chi connectivity index (χ2v) is 7.94. The summed E-state index contributed by atoms with van der Waals surface area (Å²) in [6.07, 6.45) is 2.46. The Morgan fingerprint density at radius 2 is 1.69 bits per heavy atom. The molecule has 1 aromatic heterocycles. The molecule has 0 unspecified atom stereocenters. The number of amides is 4. The van der Waals surface area contributed by atoms with E-state index in [0.717, 1.165) is 39.5 Å². The van der Waals surface area contributed by atoms with Gasteiger partial charge in [-0.3, -0.25) is 14.9 Å². The first kappa shape index (κ1) is 21.3. The number of carbonyl (C=O) groups is 3. The minimum atomic E-state index is -0.745. The standard InChI is InChI=1S/C26H25N3O3/c1-5-19-10-6-7-12-23(19)28-17(3)14-20(18(28)4)15-22-24(30)27-26(32)29(25(22)31)21-11-8-9-16(2)13-21/h6-15H,5H2,1-4H3,(H,27,30,32)/b22-15-. The van der Waals surface area contributed by atoms with Crippen molar-refractivity contribution in [3.63, 3.8) is 0 Å². The van der Waals surface area contributed by atoms with E-state index in [1.807, 2.05) is 45.0 Å². The van der Waals surface area contributed by atoms with Gasteiger partial charge >= 0.3 is 6.03 Å². The number of barbiturate groups is 1. The van der Waals surface area contributed by atoms with Crippen molar-refractivity contribution in [1.82, 2.24) is 9.88 Å². The summed E-state index contributed by atoms with van der Waals surface area (Å²) >= 11 is 0. The number of nitrogens with zero attached hydrogens (tertiary/aromatic N) is 2. The minimum Gasteiger partial charge on any atom is -0.318 e. The van der Waals surface area contributed by atoms with E-state index in [-0.39, 0.29) is 5.57 Å². The van der Waals surface area contributed by atoms with Crippen molar-refractivity contribution in [2.45, 2.75) is 34.1 Å². The number of benzene rings is 2. The minimum absolute atomic E-state index is 0.0740. The molecule has 0 aliphatic carbocycles. The van der Waals surface area contributed by atoms with Crippen LogP contribution in [0.4, 0.5) is 10.5 Å². The van der Waals surface area contributed by atoms with Crippen LogP contribution in [0, 0.1) is 20.8 Å². The van der Waals surface area contributed by atoms with E-state index in [2.05, 4.69) is 28.9 Å². The maximum Gasteiger partial charge on any atom is 0.335 e. The summed E-state index contributed by atoms with van der Waals surface area (Å²) < 4.78 is 2.12. The maximum atomic E-state index is 13.2. The Labute approximate surface area is 187 Å². The lowest BCUT2D eigenvalue weighted by atomic mass is 10.1. The second-order valence-electron chi connectivity index (χ2n) is 7.94. The Bertz CT molecular complexity index is 1280. The van der Waals surface area contributed by atoms with Gasteiger partial charge in [-0.05, 0) is 74.2 Å². The molecular weight excluding hydrogens is 402 g/mol. The molecule has 0 radical (unpaired) electrons. The van der Waals surface area contributed by atoms with Crippen LogP contribution in [-0.4, -0.2) is 22.4 Å². The van der Waals surface area contributed by atoms with E-state index in [0.29, 0.717) is 5.69 Å². The largest absolute Gasteiger partial charge is 0.335 e.